The van der Waals surface area contributed by atoms with Crippen molar-refractivity contribution < 1.29 is 24.5 Å². The van der Waals surface area contributed by atoms with E-state index in [0.717, 1.165) is 67.1 Å². The van der Waals surface area contributed by atoms with E-state index in [-0.39, 0.29) is 20.1 Å². The van der Waals surface area contributed by atoms with Gasteiger partial charge in [0, 0.05) is 43.4 Å². The second-order valence-electron chi connectivity index (χ2n) is 11.5. The molecule has 0 unspecified atom stereocenters. The summed E-state index contributed by atoms with van der Waals surface area (Å²) in [6.07, 6.45) is 3.71. The first-order chi connectivity index (χ1) is 23.1. The predicted octanol–water partition coefficient (Wildman–Crippen LogP) is 11.5. The third-order valence-electron chi connectivity index (χ3n) is 8.03. The molecule has 0 saturated carbocycles. The van der Waals surface area contributed by atoms with Gasteiger partial charge in [0.2, 0.25) is 0 Å². The average molecular weight is 797 g/mol. The van der Waals surface area contributed by atoms with Gasteiger partial charge in [-0.3, -0.25) is 0 Å². The predicted molar refractivity (Wildman–Crippen MR) is 193 cm³/mol. The van der Waals surface area contributed by atoms with E-state index in [1.54, 1.807) is 0 Å². The Balaban J connectivity index is 0.000000241. The van der Waals surface area contributed by atoms with Gasteiger partial charge in [-0.2, -0.15) is 0 Å². The maximum absolute atomic E-state index is 6.13. The van der Waals surface area contributed by atoms with Gasteiger partial charge in [-0.05, 0) is 71.8 Å². The Kier molecular flexibility index (Phi) is 10.2. The van der Waals surface area contributed by atoms with Gasteiger partial charge in [-0.15, -0.1) is 71.3 Å². The summed E-state index contributed by atoms with van der Waals surface area (Å²) in [5.74, 6) is 0.884. The quantitative estimate of drug-likeness (QED) is 0.163. The van der Waals surface area contributed by atoms with Crippen LogP contribution in [0.2, 0.25) is 0 Å². The Labute approximate surface area is 295 Å². The van der Waals surface area contributed by atoms with E-state index in [9.17, 15) is 0 Å². The molecule has 8 rings (SSSR count). The van der Waals surface area contributed by atoms with Gasteiger partial charge in [0.15, 0.2) is 0 Å². The fourth-order valence-electron chi connectivity index (χ4n) is 5.52. The number of nitrogens with zero attached hydrogens (tertiary/aromatic N) is 2. The molecule has 0 atom stereocenters. The van der Waals surface area contributed by atoms with Crippen LogP contribution in [0.3, 0.4) is 0 Å². The van der Waals surface area contributed by atoms with Gasteiger partial charge in [-0.1, -0.05) is 84.4 Å². The van der Waals surface area contributed by atoms with E-state index in [1.165, 1.54) is 11.1 Å². The van der Waals surface area contributed by atoms with Crippen LogP contribution in [0, 0.1) is 26.0 Å². The van der Waals surface area contributed by atoms with Crippen molar-refractivity contribution in [3.05, 3.63) is 181 Å². The number of aromatic nitrogens is 2. The largest absolute Gasteiger partial charge is 0.456 e. The normalized spacial score (nSPS) is 10.5. The Hall–Kier alpha value is -5.41. The van der Waals surface area contributed by atoms with E-state index >= 15 is 0 Å². The van der Waals surface area contributed by atoms with Crippen molar-refractivity contribution in [3.8, 4) is 56.1 Å². The maximum Gasteiger partial charge on any atom is 0.135 e. The topological polar surface area (TPSA) is 38.9 Å². The summed E-state index contributed by atoms with van der Waals surface area (Å²) < 4.78 is 6.13. The van der Waals surface area contributed by atoms with Crippen LogP contribution in [-0.2, 0) is 20.1 Å². The number of hydrogen-bond donors (Lipinski definition) is 0. The minimum absolute atomic E-state index is 0. The van der Waals surface area contributed by atoms with Gasteiger partial charge in [0.1, 0.15) is 11.3 Å². The van der Waals surface area contributed by atoms with Crippen LogP contribution in [0.25, 0.3) is 67.1 Å². The molecule has 5 aromatic carbocycles. The second kappa shape index (κ2) is 15.0. The van der Waals surface area contributed by atoms with Crippen molar-refractivity contribution in [3.63, 3.8) is 0 Å². The third kappa shape index (κ3) is 7.42. The maximum atomic E-state index is 6.13. The summed E-state index contributed by atoms with van der Waals surface area (Å²) in [5.41, 5.74) is 12.8. The fourth-order valence-corrected chi connectivity index (χ4v) is 5.52. The van der Waals surface area contributed by atoms with Crippen molar-refractivity contribution in [2.24, 2.45) is 0 Å². The molecule has 0 aliphatic rings. The van der Waals surface area contributed by atoms with Crippen LogP contribution >= 0.6 is 0 Å². The number of benzene rings is 5. The molecule has 0 aliphatic heterocycles. The first kappa shape index (κ1) is 32.5. The molecular formula is C44H32IrN2O-2. The molecule has 0 bridgehead atoms. The second-order valence-corrected chi connectivity index (χ2v) is 11.5. The molecule has 0 spiro atoms. The molecule has 0 saturated heterocycles. The number of rotatable bonds is 5. The number of aryl methyl sites for hydroxylation is 2. The summed E-state index contributed by atoms with van der Waals surface area (Å²) >= 11 is 0. The molecule has 0 amide bonds. The summed E-state index contributed by atoms with van der Waals surface area (Å²) in [6.45, 7) is 4.12. The molecule has 8 aromatic rings. The SMILES string of the molecule is Cc1ccc(-c2[c-]cccc2)nc1.Cc1ccc(-c2cc3cc(-c4cc[c-]c(-c5ncccc5-c5ccccc5)c4)ccc3o2)cc1.[Ir]. The number of hydrogen-bond acceptors (Lipinski definition) is 3. The zero-order chi connectivity index (χ0) is 32.0. The van der Waals surface area contributed by atoms with E-state index < -0.39 is 0 Å². The first-order valence-corrected chi connectivity index (χ1v) is 15.6. The van der Waals surface area contributed by atoms with Crippen molar-refractivity contribution in [2.45, 2.75) is 13.8 Å². The monoisotopic (exact) mass is 797 g/mol. The minimum atomic E-state index is 0. The molecule has 0 aliphatic carbocycles. The van der Waals surface area contributed by atoms with Crippen molar-refractivity contribution in [1.29, 1.82) is 0 Å². The molecule has 3 heterocycles. The van der Waals surface area contributed by atoms with Crippen LogP contribution in [0.15, 0.2) is 162 Å². The minimum Gasteiger partial charge on any atom is -0.456 e. The molecule has 0 N–H and O–H groups in total. The van der Waals surface area contributed by atoms with E-state index in [1.807, 2.05) is 67.8 Å². The van der Waals surface area contributed by atoms with Crippen molar-refractivity contribution >= 4 is 11.0 Å². The van der Waals surface area contributed by atoms with E-state index in [4.69, 9.17) is 9.40 Å². The smallest absolute Gasteiger partial charge is 0.135 e. The summed E-state index contributed by atoms with van der Waals surface area (Å²) in [6, 6.07) is 56.0. The third-order valence-corrected chi connectivity index (χ3v) is 8.03. The van der Waals surface area contributed by atoms with Gasteiger partial charge in [0.05, 0.1) is 0 Å². The zero-order valence-electron chi connectivity index (χ0n) is 26.6. The zero-order valence-corrected chi connectivity index (χ0v) is 29.0. The van der Waals surface area contributed by atoms with E-state index in [2.05, 4.69) is 121 Å². The Morgan fingerprint density at radius 1 is 0.542 bits per heavy atom. The standard InChI is InChI=1S/C32H22NO.C12H10N.Ir/c1-22-12-14-24(15-13-22)31-21-28-20-26(16-17-30(28)34-31)25-9-5-10-27(19-25)32-29(11-6-18-33-32)23-7-3-2-4-8-23;1-10-7-8-12(13-9-10)11-5-3-2-4-6-11;/h2-9,11-21H,1H3;2-5,7-9H,1H3;/q2*-1;. The Morgan fingerprint density at radius 2 is 1.29 bits per heavy atom. The molecule has 1 radical (unpaired) electrons. The van der Waals surface area contributed by atoms with Crippen LogP contribution < -0.4 is 0 Å². The first-order valence-electron chi connectivity index (χ1n) is 15.6. The molecular weight excluding hydrogens is 765 g/mol. The summed E-state index contributed by atoms with van der Waals surface area (Å²) in [5, 5.41) is 1.09. The fraction of sp³-hybridized carbons (Fsp3) is 0.0455. The molecule has 48 heavy (non-hydrogen) atoms. The van der Waals surface area contributed by atoms with Crippen LogP contribution in [0.1, 0.15) is 11.1 Å². The summed E-state index contributed by atoms with van der Waals surface area (Å²) in [4.78, 5) is 9.02. The molecule has 3 nitrogen and oxygen atoms in total. The van der Waals surface area contributed by atoms with Crippen LogP contribution in [0.4, 0.5) is 0 Å². The van der Waals surface area contributed by atoms with Gasteiger partial charge in [-0.25, -0.2) is 0 Å². The molecule has 235 valence electrons. The number of pyridine rings is 2. The Bertz CT molecular complexity index is 2240. The van der Waals surface area contributed by atoms with Gasteiger partial charge < -0.3 is 14.4 Å². The van der Waals surface area contributed by atoms with Crippen LogP contribution in [-0.4, -0.2) is 9.97 Å². The number of fused-ring (bicyclic) bond motifs is 1. The molecule has 4 heteroatoms. The Morgan fingerprint density at radius 3 is 2.06 bits per heavy atom. The van der Waals surface area contributed by atoms with Crippen LogP contribution in [0.5, 0.6) is 0 Å². The van der Waals surface area contributed by atoms with Crippen molar-refractivity contribution in [1.82, 2.24) is 9.97 Å². The number of furan rings is 1. The molecule has 3 aromatic heterocycles. The summed E-state index contributed by atoms with van der Waals surface area (Å²) in [7, 11) is 0. The van der Waals surface area contributed by atoms with E-state index in [0.29, 0.717) is 0 Å². The van der Waals surface area contributed by atoms with Gasteiger partial charge >= 0.3 is 0 Å². The van der Waals surface area contributed by atoms with Gasteiger partial charge in [0.25, 0.3) is 0 Å². The van der Waals surface area contributed by atoms with Crippen molar-refractivity contribution in [2.75, 3.05) is 0 Å². The molecule has 0 fully saturated rings. The average Bonchev–Trinajstić information content (AvgIpc) is 3.57.